The molecule has 0 unspecified atom stereocenters. The number of hydrogen-bond donors (Lipinski definition) is 2. The molecular weight excluding hydrogens is 330 g/mol. The number of aliphatic carboxylic acids is 1. The van der Waals surface area contributed by atoms with Crippen molar-refractivity contribution in [3.63, 3.8) is 0 Å². The molecule has 2 N–H and O–H groups in total. The smallest absolute Gasteiger partial charge is 0.303 e. The van der Waals surface area contributed by atoms with E-state index >= 15 is 0 Å². The number of carboxylic acids is 1. The summed E-state index contributed by atoms with van der Waals surface area (Å²) in [6.45, 7) is 4.04. The van der Waals surface area contributed by atoms with E-state index < -0.39 is 11.6 Å². The average molecular weight is 356 g/mol. The predicted octanol–water partition coefficient (Wildman–Crippen LogP) is 4.04. The number of hydrogen-bond acceptors (Lipinski definition) is 3. The van der Waals surface area contributed by atoms with Gasteiger partial charge in [0, 0.05) is 18.0 Å². The van der Waals surface area contributed by atoms with Crippen LogP contribution in [0.15, 0.2) is 24.3 Å². The van der Waals surface area contributed by atoms with Gasteiger partial charge >= 0.3 is 5.97 Å². The molecular formula is C18H26ClNO4. The van der Waals surface area contributed by atoms with Crippen molar-refractivity contribution in [1.82, 2.24) is 5.32 Å². The van der Waals surface area contributed by atoms with Crippen molar-refractivity contribution in [2.45, 2.75) is 58.0 Å². The Hall–Kier alpha value is -1.75. The molecule has 1 aromatic rings. The van der Waals surface area contributed by atoms with E-state index in [1.54, 1.807) is 38.1 Å². The van der Waals surface area contributed by atoms with Gasteiger partial charge in [-0.2, -0.15) is 0 Å². The fourth-order valence-corrected chi connectivity index (χ4v) is 2.32. The van der Waals surface area contributed by atoms with E-state index in [0.717, 1.165) is 25.7 Å². The lowest BCUT2D eigenvalue weighted by Gasteiger charge is -2.25. The lowest BCUT2D eigenvalue weighted by molar-refractivity contribution is -0.137. The topological polar surface area (TPSA) is 75.6 Å². The minimum Gasteiger partial charge on any atom is -0.481 e. The first-order valence-corrected chi connectivity index (χ1v) is 8.64. The zero-order valence-corrected chi connectivity index (χ0v) is 15.1. The average Bonchev–Trinajstić information content (AvgIpc) is 2.51. The van der Waals surface area contributed by atoms with Crippen LogP contribution in [0.25, 0.3) is 0 Å². The molecule has 6 heteroatoms. The molecule has 0 bridgehead atoms. The summed E-state index contributed by atoms with van der Waals surface area (Å²) in [6, 6.07) is 6.90. The van der Waals surface area contributed by atoms with Gasteiger partial charge in [0.15, 0.2) is 5.60 Å². The highest BCUT2D eigenvalue weighted by atomic mass is 35.5. The van der Waals surface area contributed by atoms with Crippen molar-refractivity contribution in [2.24, 2.45) is 0 Å². The van der Waals surface area contributed by atoms with Gasteiger partial charge in [0.2, 0.25) is 0 Å². The number of ether oxygens (including phenoxy) is 1. The van der Waals surface area contributed by atoms with E-state index in [0.29, 0.717) is 23.7 Å². The summed E-state index contributed by atoms with van der Waals surface area (Å²) in [5.74, 6) is -0.313. The molecule has 0 saturated carbocycles. The van der Waals surface area contributed by atoms with Crippen LogP contribution in [0.1, 0.15) is 52.4 Å². The number of amides is 1. The highest BCUT2D eigenvalue weighted by Crippen LogP contribution is 2.21. The molecule has 0 aliphatic heterocycles. The Kier molecular flexibility index (Phi) is 8.61. The van der Waals surface area contributed by atoms with E-state index in [1.165, 1.54) is 0 Å². The molecule has 1 aromatic carbocycles. The standard InChI is InChI=1S/C18H26ClNO4/c1-18(2,24-15-11-9-14(19)10-12-15)17(23)20-13-7-5-3-4-6-8-16(21)22/h9-12H,3-8,13H2,1-2H3,(H,20,23)(H,21,22). The van der Waals surface area contributed by atoms with Crippen LogP contribution in [0, 0.1) is 0 Å². The first-order valence-electron chi connectivity index (χ1n) is 8.26. The van der Waals surface area contributed by atoms with Gasteiger partial charge in [-0.05, 0) is 51.0 Å². The van der Waals surface area contributed by atoms with Gasteiger partial charge in [0.05, 0.1) is 0 Å². The van der Waals surface area contributed by atoms with Gasteiger partial charge < -0.3 is 15.2 Å². The third-order valence-corrected chi connectivity index (χ3v) is 3.84. The lowest BCUT2D eigenvalue weighted by atomic mass is 10.1. The molecule has 5 nitrogen and oxygen atoms in total. The number of carboxylic acid groups (broad SMARTS) is 1. The first kappa shape index (κ1) is 20.3. The fourth-order valence-electron chi connectivity index (χ4n) is 2.19. The van der Waals surface area contributed by atoms with Crippen LogP contribution in [-0.2, 0) is 9.59 Å². The van der Waals surface area contributed by atoms with Gasteiger partial charge in [-0.3, -0.25) is 9.59 Å². The van der Waals surface area contributed by atoms with Crippen molar-refractivity contribution in [3.8, 4) is 5.75 Å². The zero-order chi connectivity index (χ0) is 18.0. The Labute approximate surface area is 148 Å². The van der Waals surface area contributed by atoms with Crippen molar-refractivity contribution in [2.75, 3.05) is 6.54 Å². The van der Waals surface area contributed by atoms with E-state index in [9.17, 15) is 9.59 Å². The molecule has 0 aliphatic rings. The van der Waals surface area contributed by atoms with Crippen LogP contribution in [-0.4, -0.2) is 29.1 Å². The molecule has 0 atom stereocenters. The van der Waals surface area contributed by atoms with E-state index in [-0.39, 0.29) is 12.3 Å². The largest absolute Gasteiger partial charge is 0.481 e. The summed E-state index contributed by atoms with van der Waals surface area (Å²) in [4.78, 5) is 22.6. The Morgan fingerprint density at radius 2 is 1.67 bits per heavy atom. The first-order chi connectivity index (χ1) is 11.3. The van der Waals surface area contributed by atoms with Crippen molar-refractivity contribution < 1.29 is 19.4 Å². The SMILES string of the molecule is CC(C)(Oc1ccc(Cl)cc1)C(=O)NCCCCCCCC(=O)O. The normalized spacial score (nSPS) is 11.1. The minimum absolute atomic E-state index is 0.164. The number of rotatable bonds is 11. The van der Waals surface area contributed by atoms with Crippen LogP contribution in [0.5, 0.6) is 5.75 Å². The molecule has 0 heterocycles. The van der Waals surface area contributed by atoms with Gasteiger partial charge in [-0.25, -0.2) is 0 Å². The van der Waals surface area contributed by atoms with Crippen LogP contribution in [0.2, 0.25) is 5.02 Å². The number of unbranched alkanes of at least 4 members (excludes halogenated alkanes) is 4. The van der Waals surface area contributed by atoms with Gasteiger partial charge in [0.1, 0.15) is 5.75 Å². The van der Waals surface area contributed by atoms with E-state index in [2.05, 4.69) is 5.32 Å². The molecule has 24 heavy (non-hydrogen) atoms. The monoisotopic (exact) mass is 355 g/mol. The van der Waals surface area contributed by atoms with Crippen LogP contribution in [0.3, 0.4) is 0 Å². The zero-order valence-electron chi connectivity index (χ0n) is 14.3. The highest BCUT2D eigenvalue weighted by molar-refractivity contribution is 6.30. The van der Waals surface area contributed by atoms with Crippen LogP contribution < -0.4 is 10.1 Å². The maximum Gasteiger partial charge on any atom is 0.303 e. The summed E-state index contributed by atoms with van der Waals surface area (Å²) in [5, 5.41) is 12.0. The lowest BCUT2D eigenvalue weighted by Crippen LogP contribution is -2.46. The summed E-state index contributed by atoms with van der Waals surface area (Å²) in [7, 11) is 0. The number of benzene rings is 1. The molecule has 1 amide bonds. The third-order valence-electron chi connectivity index (χ3n) is 3.59. The number of nitrogens with one attached hydrogen (secondary N) is 1. The molecule has 0 spiro atoms. The predicted molar refractivity (Wildman–Crippen MR) is 94.5 cm³/mol. The summed E-state index contributed by atoms with van der Waals surface area (Å²) in [6.07, 6.45) is 4.67. The Balaban J connectivity index is 2.21. The molecule has 134 valence electrons. The molecule has 0 radical (unpaired) electrons. The second kappa shape index (κ2) is 10.2. The Morgan fingerprint density at radius 3 is 2.29 bits per heavy atom. The summed E-state index contributed by atoms with van der Waals surface area (Å²) < 4.78 is 5.72. The molecule has 0 saturated heterocycles. The number of halogens is 1. The highest BCUT2D eigenvalue weighted by Gasteiger charge is 2.29. The quantitative estimate of drug-likeness (QED) is 0.587. The summed E-state index contributed by atoms with van der Waals surface area (Å²) in [5.41, 5.74) is -0.963. The second-order valence-corrected chi connectivity index (χ2v) is 6.67. The number of carbonyl (C=O) groups is 2. The van der Waals surface area contributed by atoms with Crippen LogP contribution >= 0.6 is 11.6 Å². The minimum atomic E-state index is -0.963. The number of carbonyl (C=O) groups excluding carboxylic acids is 1. The van der Waals surface area contributed by atoms with Crippen molar-refractivity contribution in [3.05, 3.63) is 29.3 Å². The Bertz CT molecular complexity index is 528. The maximum absolute atomic E-state index is 12.2. The van der Waals surface area contributed by atoms with Gasteiger partial charge in [-0.1, -0.05) is 30.9 Å². The fraction of sp³-hybridized carbons (Fsp3) is 0.556. The van der Waals surface area contributed by atoms with E-state index in [4.69, 9.17) is 21.4 Å². The van der Waals surface area contributed by atoms with Gasteiger partial charge in [0.25, 0.3) is 5.91 Å². The third kappa shape index (κ3) is 8.20. The second-order valence-electron chi connectivity index (χ2n) is 6.23. The Morgan fingerprint density at radius 1 is 1.08 bits per heavy atom. The van der Waals surface area contributed by atoms with Gasteiger partial charge in [-0.15, -0.1) is 0 Å². The molecule has 1 rings (SSSR count). The molecule has 0 fully saturated rings. The summed E-state index contributed by atoms with van der Waals surface area (Å²) >= 11 is 5.83. The molecule has 0 aromatic heterocycles. The maximum atomic E-state index is 12.2. The van der Waals surface area contributed by atoms with Crippen molar-refractivity contribution >= 4 is 23.5 Å². The molecule has 0 aliphatic carbocycles. The van der Waals surface area contributed by atoms with E-state index in [1.807, 2.05) is 0 Å². The van der Waals surface area contributed by atoms with Crippen LogP contribution in [0.4, 0.5) is 0 Å². The van der Waals surface area contributed by atoms with Crippen molar-refractivity contribution in [1.29, 1.82) is 0 Å².